The van der Waals surface area contributed by atoms with E-state index in [2.05, 4.69) is 5.10 Å². The summed E-state index contributed by atoms with van der Waals surface area (Å²) in [5.74, 6) is -1.06. The second-order valence-corrected chi connectivity index (χ2v) is 4.62. The molecule has 2 aromatic rings. The number of hydrogen-bond donors (Lipinski definition) is 1. The first-order chi connectivity index (χ1) is 9.58. The number of fused-ring (bicyclic) bond motifs is 1. The Kier molecular flexibility index (Phi) is 2.74. The highest BCUT2D eigenvalue weighted by Gasteiger charge is 2.26. The van der Waals surface area contributed by atoms with Gasteiger partial charge in [0.15, 0.2) is 5.69 Å². The molecule has 1 aromatic heterocycles. The zero-order valence-electron chi connectivity index (χ0n) is 10.4. The summed E-state index contributed by atoms with van der Waals surface area (Å²) in [5, 5.41) is 24.1. The minimum Gasteiger partial charge on any atom is -0.476 e. The Balaban J connectivity index is 2.16. The van der Waals surface area contributed by atoms with Gasteiger partial charge in [0.2, 0.25) is 0 Å². The first kappa shape index (κ1) is 12.3. The van der Waals surface area contributed by atoms with Gasteiger partial charge in [-0.2, -0.15) is 5.10 Å². The van der Waals surface area contributed by atoms with E-state index >= 15 is 0 Å². The van der Waals surface area contributed by atoms with Crippen LogP contribution in [0.4, 0.5) is 5.69 Å². The van der Waals surface area contributed by atoms with Gasteiger partial charge in [0.25, 0.3) is 5.69 Å². The van der Waals surface area contributed by atoms with E-state index in [0.717, 1.165) is 24.1 Å². The van der Waals surface area contributed by atoms with E-state index in [1.807, 2.05) is 0 Å². The standard InChI is InChI=1S/C13H11N3O4/c17-13(18)12-10-5-2-6-11(10)15(14-12)8-3-1-4-9(7-8)16(19)20/h1,3-4,7H,2,5-6H2,(H,17,18). The molecular formula is C13H11N3O4. The summed E-state index contributed by atoms with van der Waals surface area (Å²) in [6.45, 7) is 0. The summed E-state index contributed by atoms with van der Waals surface area (Å²) < 4.78 is 1.51. The molecule has 0 aliphatic heterocycles. The number of aromatic nitrogens is 2. The number of hydrogen-bond acceptors (Lipinski definition) is 4. The second kappa shape index (κ2) is 4.44. The fourth-order valence-corrected chi connectivity index (χ4v) is 2.56. The third kappa shape index (κ3) is 1.83. The van der Waals surface area contributed by atoms with E-state index in [9.17, 15) is 14.9 Å². The zero-order valence-corrected chi connectivity index (χ0v) is 10.4. The largest absolute Gasteiger partial charge is 0.476 e. The lowest BCUT2D eigenvalue weighted by atomic mass is 10.2. The van der Waals surface area contributed by atoms with E-state index < -0.39 is 10.9 Å². The first-order valence-corrected chi connectivity index (χ1v) is 6.17. The minimum atomic E-state index is -1.06. The number of carboxylic acid groups (broad SMARTS) is 1. The first-order valence-electron chi connectivity index (χ1n) is 6.17. The quantitative estimate of drug-likeness (QED) is 0.680. The Morgan fingerprint density at radius 2 is 2.20 bits per heavy atom. The fourth-order valence-electron chi connectivity index (χ4n) is 2.56. The van der Waals surface area contributed by atoms with Gasteiger partial charge in [-0.15, -0.1) is 0 Å². The van der Waals surface area contributed by atoms with Crippen LogP contribution in [0.5, 0.6) is 0 Å². The number of non-ortho nitro benzene ring substituents is 1. The predicted molar refractivity (Wildman–Crippen MR) is 69.2 cm³/mol. The molecule has 0 amide bonds. The molecule has 1 aliphatic rings. The van der Waals surface area contributed by atoms with Crippen molar-refractivity contribution in [1.82, 2.24) is 9.78 Å². The van der Waals surface area contributed by atoms with Crippen molar-refractivity contribution < 1.29 is 14.8 Å². The van der Waals surface area contributed by atoms with Gasteiger partial charge in [-0.1, -0.05) is 6.07 Å². The summed E-state index contributed by atoms with van der Waals surface area (Å²) in [6.07, 6.45) is 2.30. The van der Waals surface area contributed by atoms with Crippen molar-refractivity contribution >= 4 is 11.7 Å². The van der Waals surface area contributed by atoms with Crippen LogP contribution in [-0.4, -0.2) is 25.8 Å². The van der Waals surface area contributed by atoms with Gasteiger partial charge in [-0.3, -0.25) is 10.1 Å². The van der Waals surface area contributed by atoms with Crippen LogP contribution in [0.15, 0.2) is 24.3 Å². The summed E-state index contributed by atoms with van der Waals surface area (Å²) >= 11 is 0. The highest BCUT2D eigenvalue weighted by Crippen LogP contribution is 2.28. The van der Waals surface area contributed by atoms with Crippen molar-refractivity contribution in [3.63, 3.8) is 0 Å². The van der Waals surface area contributed by atoms with Crippen molar-refractivity contribution in [2.24, 2.45) is 0 Å². The van der Waals surface area contributed by atoms with Crippen molar-refractivity contribution in [3.05, 3.63) is 51.3 Å². The normalized spacial score (nSPS) is 13.2. The van der Waals surface area contributed by atoms with E-state index in [1.54, 1.807) is 12.1 Å². The molecule has 1 aliphatic carbocycles. The Labute approximate surface area is 113 Å². The van der Waals surface area contributed by atoms with Crippen molar-refractivity contribution in [2.75, 3.05) is 0 Å². The molecule has 0 fully saturated rings. The van der Waals surface area contributed by atoms with Crippen molar-refractivity contribution in [3.8, 4) is 5.69 Å². The van der Waals surface area contributed by atoms with Crippen molar-refractivity contribution in [2.45, 2.75) is 19.3 Å². The molecule has 0 saturated heterocycles. The SMILES string of the molecule is O=C(O)c1nn(-c2cccc([N+](=O)[O-])c2)c2c1CCC2. The van der Waals surface area contributed by atoms with Gasteiger partial charge < -0.3 is 5.11 Å². The lowest BCUT2D eigenvalue weighted by Crippen LogP contribution is -2.05. The van der Waals surface area contributed by atoms with Gasteiger partial charge >= 0.3 is 5.97 Å². The molecule has 102 valence electrons. The molecule has 0 atom stereocenters. The maximum Gasteiger partial charge on any atom is 0.356 e. The molecule has 0 bridgehead atoms. The number of carbonyl (C=O) groups is 1. The Morgan fingerprint density at radius 3 is 2.90 bits per heavy atom. The van der Waals surface area contributed by atoms with Crippen LogP contribution in [-0.2, 0) is 12.8 Å². The Bertz CT molecular complexity index is 720. The monoisotopic (exact) mass is 273 g/mol. The second-order valence-electron chi connectivity index (χ2n) is 4.62. The third-order valence-electron chi connectivity index (χ3n) is 3.42. The van der Waals surface area contributed by atoms with E-state index in [-0.39, 0.29) is 11.4 Å². The predicted octanol–water partition coefficient (Wildman–Crippen LogP) is 1.97. The van der Waals surface area contributed by atoms with Crippen LogP contribution < -0.4 is 0 Å². The van der Waals surface area contributed by atoms with Crippen molar-refractivity contribution in [1.29, 1.82) is 0 Å². The van der Waals surface area contributed by atoms with Crippen LogP contribution in [0.25, 0.3) is 5.69 Å². The van der Waals surface area contributed by atoms with Gasteiger partial charge in [0.1, 0.15) is 0 Å². The number of aromatic carboxylic acids is 1. The zero-order chi connectivity index (χ0) is 14.3. The molecule has 7 nitrogen and oxygen atoms in total. The molecule has 3 rings (SSSR count). The summed E-state index contributed by atoms with van der Waals surface area (Å²) in [6, 6.07) is 6.05. The van der Waals surface area contributed by atoms with Crippen LogP contribution in [0, 0.1) is 10.1 Å². The van der Waals surface area contributed by atoms with E-state index in [4.69, 9.17) is 5.11 Å². The molecule has 0 unspecified atom stereocenters. The van der Waals surface area contributed by atoms with Crippen LogP contribution in [0.2, 0.25) is 0 Å². The van der Waals surface area contributed by atoms with Gasteiger partial charge in [0.05, 0.1) is 10.6 Å². The number of rotatable bonds is 3. The van der Waals surface area contributed by atoms with E-state index in [0.29, 0.717) is 12.1 Å². The summed E-state index contributed by atoms with van der Waals surface area (Å²) in [7, 11) is 0. The minimum absolute atomic E-state index is 0.0402. The molecule has 0 radical (unpaired) electrons. The maximum atomic E-state index is 11.2. The van der Waals surface area contributed by atoms with Gasteiger partial charge in [-0.25, -0.2) is 9.48 Å². The fraction of sp³-hybridized carbons (Fsp3) is 0.231. The lowest BCUT2D eigenvalue weighted by Gasteiger charge is -2.04. The average molecular weight is 273 g/mol. The van der Waals surface area contributed by atoms with Crippen LogP contribution in [0.1, 0.15) is 28.2 Å². The van der Waals surface area contributed by atoms with Crippen LogP contribution in [0.3, 0.4) is 0 Å². The molecule has 1 aromatic carbocycles. The third-order valence-corrected chi connectivity index (χ3v) is 3.42. The molecule has 1 N–H and O–H groups in total. The number of nitro groups is 1. The Hall–Kier alpha value is -2.70. The molecule has 1 heterocycles. The molecule has 20 heavy (non-hydrogen) atoms. The molecular weight excluding hydrogens is 262 g/mol. The number of benzene rings is 1. The molecule has 7 heteroatoms. The average Bonchev–Trinajstić information content (AvgIpc) is 2.99. The molecule has 0 saturated carbocycles. The van der Waals surface area contributed by atoms with E-state index in [1.165, 1.54) is 16.8 Å². The Morgan fingerprint density at radius 1 is 1.40 bits per heavy atom. The number of nitro benzene ring substituents is 1. The van der Waals surface area contributed by atoms with Gasteiger partial charge in [-0.05, 0) is 25.3 Å². The number of carboxylic acids is 1. The summed E-state index contributed by atoms with van der Waals surface area (Å²) in [5.41, 5.74) is 2.10. The van der Waals surface area contributed by atoms with Gasteiger partial charge in [0, 0.05) is 23.4 Å². The lowest BCUT2D eigenvalue weighted by molar-refractivity contribution is -0.384. The number of nitrogens with zero attached hydrogens (tertiary/aromatic N) is 3. The summed E-state index contributed by atoms with van der Waals surface area (Å²) in [4.78, 5) is 21.5. The highest BCUT2D eigenvalue weighted by atomic mass is 16.6. The smallest absolute Gasteiger partial charge is 0.356 e. The van der Waals surface area contributed by atoms with Crippen LogP contribution >= 0.6 is 0 Å². The molecule has 0 spiro atoms. The highest BCUT2D eigenvalue weighted by molar-refractivity contribution is 5.87. The maximum absolute atomic E-state index is 11.2. The topological polar surface area (TPSA) is 98.3 Å².